The van der Waals surface area contributed by atoms with E-state index in [1.165, 1.54) is 0 Å². The van der Waals surface area contributed by atoms with Crippen LogP contribution in [0.4, 0.5) is 5.69 Å². The lowest BCUT2D eigenvalue weighted by Gasteiger charge is -2.21. The van der Waals surface area contributed by atoms with Crippen LogP contribution in [0.5, 0.6) is 0 Å². The highest BCUT2D eigenvalue weighted by Gasteiger charge is 2.21. The standard InChI is InChI=1S/C12H16BrNO4S/c1-4-18-12(15)8-14(19(3,16)17)10-5-6-11(13)9(2)7-10/h5-7H,4,8H2,1-3H3. The van der Waals surface area contributed by atoms with E-state index in [0.717, 1.165) is 20.6 Å². The van der Waals surface area contributed by atoms with Crippen molar-refractivity contribution in [3.05, 3.63) is 28.2 Å². The molecule has 1 aromatic rings. The van der Waals surface area contributed by atoms with E-state index >= 15 is 0 Å². The average molecular weight is 350 g/mol. The first-order valence-electron chi connectivity index (χ1n) is 5.65. The molecule has 1 rings (SSSR count). The number of ether oxygens (including phenoxy) is 1. The molecule has 1 aromatic carbocycles. The Morgan fingerprint density at radius 2 is 2.05 bits per heavy atom. The Hall–Kier alpha value is -1.08. The van der Waals surface area contributed by atoms with Crippen molar-refractivity contribution in [3.63, 3.8) is 0 Å². The van der Waals surface area contributed by atoms with Gasteiger partial charge in [0.05, 0.1) is 18.6 Å². The molecule has 0 spiro atoms. The van der Waals surface area contributed by atoms with Gasteiger partial charge in [0.1, 0.15) is 6.54 Å². The van der Waals surface area contributed by atoms with E-state index in [1.54, 1.807) is 25.1 Å². The number of rotatable bonds is 5. The second-order valence-electron chi connectivity index (χ2n) is 4.01. The Morgan fingerprint density at radius 3 is 2.53 bits per heavy atom. The lowest BCUT2D eigenvalue weighted by molar-refractivity contribution is -0.141. The van der Waals surface area contributed by atoms with Crippen LogP contribution in [0.2, 0.25) is 0 Å². The van der Waals surface area contributed by atoms with Gasteiger partial charge in [-0.05, 0) is 37.6 Å². The van der Waals surface area contributed by atoms with Crippen LogP contribution in [-0.2, 0) is 19.6 Å². The molecule has 0 aliphatic carbocycles. The molecule has 0 fully saturated rings. The lowest BCUT2D eigenvalue weighted by Crippen LogP contribution is -2.35. The molecule has 0 aliphatic rings. The van der Waals surface area contributed by atoms with Crippen molar-refractivity contribution in [1.82, 2.24) is 0 Å². The number of carbonyl (C=O) groups excluding carboxylic acids is 1. The van der Waals surface area contributed by atoms with Crippen molar-refractivity contribution >= 4 is 37.6 Å². The van der Waals surface area contributed by atoms with E-state index in [-0.39, 0.29) is 13.2 Å². The lowest BCUT2D eigenvalue weighted by atomic mass is 10.2. The number of sulfonamides is 1. The number of benzene rings is 1. The van der Waals surface area contributed by atoms with E-state index < -0.39 is 16.0 Å². The first-order chi connectivity index (χ1) is 8.75. The van der Waals surface area contributed by atoms with Crippen LogP contribution >= 0.6 is 15.9 Å². The SMILES string of the molecule is CCOC(=O)CN(c1ccc(Br)c(C)c1)S(C)(=O)=O. The molecule has 0 radical (unpaired) electrons. The maximum Gasteiger partial charge on any atom is 0.326 e. The van der Waals surface area contributed by atoms with Crippen LogP contribution in [0.1, 0.15) is 12.5 Å². The van der Waals surface area contributed by atoms with Crippen molar-refractivity contribution in [2.45, 2.75) is 13.8 Å². The minimum Gasteiger partial charge on any atom is -0.465 e. The summed E-state index contributed by atoms with van der Waals surface area (Å²) in [4.78, 5) is 11.5. The summed E-state index contributed by atoms with van der Waals surface area (Å²) in [5.74, 6) is -0.575. The number of halogens is 1. The number of hydrogen-bond acceptors (Lipinski definition) is 4. The van der Waals surface area contributed by atoms with Gasteiger partial charge >= 0.3 is 5.97 Å². The number of carbonyl (C=O) groups is 1. The fourth-order valence-corrected chi connectivity index (χ4v) is 2.59. The predicted octanol–water partition coefficient (Wildman–Crippen LogP) is 2.09. The van der Waals surface area contributed by atoms with E-state index in [2.05, 4.69) is 15.9 Å². The van der Waals surface area contributed by atoms with Crippen molar-refractivity contribution in [3.8, 4) is 0 Å². The third-order valence-corrected chi connectivity index (χ3v) is 4.44. The highest BCUT2D eigenvalue weighted by atomic mass is 79.9. The number of nitrogens with zero attached hydrogens (tertiary/aromatic N) is 1. The molecule has 0 bridgehead atoms. The Labute approximate surface area is 121 Å². The molecule has 106 valence electrons. The van der Waals surface area contributed by atoms with Gasteiger partial charge in [0, 0.05) is 4.47 Å². The molecule has 19 heavy (non-hydrogen) atoms. The van der Waals surface area contributed by atoms with E-state index in [0.29, 0.717) is 5.69 Å². The van der Waals surface area contributed by atoms with Crippen LogP contribution in [0, 0.1) is 6.92 Å². The summed E-state index contributed by atoms with van der Waals surface area (Å²) in [5.41, 5.74) is 1.33. The second-order valence-corrected chi connectivity index (χ2v) is 6.77. The highest BCUT2D eigenvalue weighted by Crippen LogP contribution is 2.24. The van der Waals surface area contributed by atoms with Crippen LogP contribution in [-0.4, -0.2) is 33.8 Å². The third kappa shape index (κ3) is 4.50. The molecule has 5 nitrogen and oxygen atoms in total. The number of anilines is 1. The zero-order valence-electron chi connectivity index (χ0n) is 11.0. The summed E-state index contributed by atoms with van der Waals surface area (Å²) < 4.78 is 30.2. The van der Waals surface area contributed by atoms with Gasteiger partial charge < -0.3 is 4.74 Å². The number of hydrogen-bond donors (Lipinski definition) is 0. The molecule has 0 aromatic heterocycles. The summed E-state index contributed by atoms with van der Waals surface area (Å²) in [6, 6.07) is 5.08. The maximum atomic E-state index is 11.8. The largest absolute Gasteiger partial charge is 0.465 e. The molecular weight excluding hydrogens is 334 g/mol. The Balaban J connectivity index is 3.10. The molecule has 0 saturated heterocycles. The molecule has 0 amide bonds. The number of esters is 1. The van der Waals surface area contributed by atoms with Crippen molar-refractivity contribution in [2.75, 3.05) is 23.7 Å². The van der Waals surface area contributed by atoms with Gasteiger partial charge in [-0.25, -0.2) is 8.42 Å². The van der Waals surface area contributed by atoms with Gasteiger partial charge in [0.2, 0.25) is 10.0 Å². The minimum absolute atomic E-state index is 0.218. The zero-order valence-corrected chi connectivity index (χ0v) is 13.4. The minimum atomic E-state index is -3.54. The van der Waals surface area contributed by atoms with Gasteiger partial charge in [0.25, 0.3) is 0 Å². The fourth-order valence-electron chi connectivity index (χ4n) is 1.51. The highest BCUT2D eigenvalue weighted by molar-refractivity contribution is 9.10. The van der Waals surface area contributed by atoms with Crippen LogP contribution in [0.25, 0.3) is 0 Å². The monoisotopic (exact) mass is 349 g/mol. The molecule has 0 N–H and O–H groups in total. The van der Waals surface area contributed by atoms with E-state index in [9.17, 15) is 13.2 Å². The van der Waals surface area contributed by atoms with Gasteiger partial charge in [0.15, 0.2) is 0 Å². The summed E-state index contributed by atoms with van der Waals surface area (Å²) in [6.45, 7) is 3.41. The normalized spacial score (nSPS) is 11.2. The predicted molar refractivity (Wildman–Crippen MR) is 77.7 cm³/mol. The van der Waals surface area contributed by atoms with Gasteiger partial charge in [-0.2, -0.15) is 0 Å². The first-order valence-corrected chi connectivity index (χ1v) is 8.29. The third-order valence-electron chi connectivity index (χ3n) is 2.41. The van der Waals surface area contributed by atoms with Crippen LogP contribution < -0.4 is 4.31 Å². The average Bonchev–Trinajstić information content (AvgIpc) is 2.29. The molecule has 0 aliphatic heterocycles. The summed E-state index contributed by atoms with van der Waals surface area (Å²) in [6.07, 6.45) is 1.06. The molecule has 0 saturated carbocycles. The van der Waals surface area contributed by atoms with E-state index in [4.69, 9.17) is 4.74 Å². The molecular formula is C12H16BrNO4S. The molecule has 0 atom stereocenters. The summed E-state index contributed by atoms with van der Waals surface area (Å²) in [7, 11) is -3.54. The molecule has 0 heterocycles. The zero-order chi connectivity index (χ0) is 14.6. The topological polar surface area (TPSA) is 63.7 Å². The Bertz CT molecular complexity index is 571. The van der Waals surface area contributed by atoms with Crippen LogP contribution in [0.15, 0.2) is 22.7 Å². The quantitative estimate of drug-likeness (QED) is 0.763. The van der Waals surface area contributed by atoms with Gasteiger partial charge in [-0.3, -0.25) is 9.10 Å². The summed E-state index contributed by atoms with van der Waals surface area (Å²) in [5, 5.41) is 0. The van der Waals surface area contributed by atoms with Crippen molar-refractivity contribution in [2.24, 2.45) is 0 Å². The number of aryl methyl sites for hydroxylation is 1. The maximum absolute atomic E-state index is 11.8. The van der Waals surface area contributed by atoms with Gasteiger partial charge in [-0.1, -0.05) is 15.9 Å². The Kier molecular flexibility index (Phi) is 5.37. The summed E-state index contributed by atoms with van der Waals surface area (Å²) >= 11 is 3.35. The molecule has 7 heteroatoms. The fraction of sp³-hybridized carbons (Fsp3) is 0.417. The van der Waals surface area contributed by atoms with E-state index in [1.807, 2.05) is 6.92 Å². The second kappa shape index (κ2) is 6.38. The molecule has 0 unspecified atom stereocenters. The smallest absolute Gasteiger partial charge is 0.326 e. The van der Waals surface area contributed by atoms with Crippen molar-refractivity contribution < 1.29 is 17.9 Å². The van der Waals surface area contributed by atoms with Crippen molar-refractivity contribution in [1.29, 1.82) is 0 Å². The van der Waals surface area contributed by atoms with Gasteiger partial charge in [-0.15, -0.1) is 0 Å². The Morgan fingerprint density at radius 1 is 1.42 bits per heavy atom. The first kappa shape index (κ1) is 16.0. The van der Waals surface area contributed by atoms with Crippen LogP contribution in [0.3, 0.4) is 0 Å².